The van der Waals surface area contributed by atoms with E-state index in [0.717, 1.165) is 18.5 Å². The molecule has 5 heteroatoms. The van der Waals surface area contributed by atoms with Crippen LogP contribution in [-0.2, 0) is 38.1 Å². The number of anilines is 1. The number of allylic oxidation sites excluding steroid dienone is 1. The monoisotopic (exact) mass is 444 g/mol. The molecule has 2 aromatic rings. The second kappa shape index (κ2) is 11.1. The molecular formula is C21H27N2OSY-. The molecule has 0 spiro atoms. The van der Waals surface area contributed by atoms with Crippen LogP contribution < -0.4 is 10.4 Å². The summed E-state index contributed by atoms with van der Waals surface area (Å²) < 4.78 is 0. The van der Waals surface area contributed by atoms with Gasteiger partial charge >= 0.3 is 0 Å². The Kier molecular flexibility index (Phi) is 9.95. The van der Waals surface area contributed by atoms with Crippen molar-refractivity contribution in [1.29, 1.82) is 0 Å². The van der Waals surface area contributed by atoms with Crippen LogP contribution in [0.2, 0.25) is 0 Å². The van der Waals surface area contributed by atoms with E-state index in [1.54, 1.807) is 5.01 Å². The Bertz CT molecular complexity index is 688. The number of hydrogen-bond acceptors (Lipinski definition) is 3. The molecule has 0 atom stereocenters. The number of benzene rings is 1. The molecule has 1 aromatic carbocycles. The van der Waals surface area contributed by atoms with Crippen LogP contribution in [0.15, 0.2) is 53.9 Å². The Labute approximate surface area is 186 Å². The Morgan fingerprint density at radius 3 is 2.42 bits per heavy atom. The Hall–Kier alpha value is -0.806. The molecule has 0 aliphatic heterocycles. The maximum Gasteiger partial charge on any atom is 0.282 e. The van der Waals surface area contributed by atoms with Crippen molar-refractivity contribution in [2.75, 3.05) is 11.6 Å². The Morgan fingerprint density at radius 2 is 1.88 bits per heavy atom. The van der Waals surface area contributed by atoms with Crippen molar-refractivity contribution in [2.45, 2.75) is 39.0 Å². The molecule has 1 radical (unpaired) electrons. The smallest absolute Gasteiger partial charge is 0.282 e. The summed E-state index contributed by atoms with van der Waals surface area (Å²) in [6.07, 6.45) is 5.93. The fourth-order valence-corrected chi connectivity index (χ4v) is 3.02. The van der Waals surface area contributed by atoms with Gasteiger partial charge < -0.3 is 6.92 Å². The van der Waals surface area contributed by atoms with Crippen LogP contribution >= 0.6 is 11.3 Å². The van der Waals surface area contributed by atoms with Gasteiger partial charge in [0.05, 0.1) is 10.6 Å². The number of nitrogens with zero attached hydrogens (tertiary/aromatic N) is 1. The fourth-order valence-electron chi connectivity index (χ4n) is 2.36. The van der Waals surface area contributed by atoms with Gasteiger partial charge in [-0.15, -0.1) is 11.3 Å². The second-order valence-electron chi connectivity index (χ2n) is 6.89. The predicted molar refractivity (Wildman–Crippen MR) is 108 cm³/mol. The molecular weight excluding hydrogens is 417 g/mol. The number of nitrogens with one attached hydrogen (secondary N) is 1. The maximum atomic E-state index is 12.8. The van der Waals surface area contributed by atoms with E-state index in [9.17, 15) is 4.79 Å². The van der Waals surface area contributed by atoms with Gasteiger partial charge in [0, 0.05) is 39.3 Å². The number of carbonyl (C=O) groups is 1. The van der Waals surface area contributed by atoms with Crippen molar-refractivity contribution in [3.05, 3.63) is 71.3 Å². The fraction of sp³-hybridized carbons (Fsp3) is 0.333. The van der Waals surface area contributed by atoms with E-state index in [2.05, 4.69) is 51.3 Å². The third-order valence-corrected chi connectivity index (χ3v) is 4.69. The van der Waals surface area contributed by atoms with Crippen LogP contribution in [0.4, 0.5) is 5.69 Å². The summed E-state index contributed by atoms with van der Waals surface area (Å²) in [6, 6.07) is 11.9. The first-order valence-electron chi connectivity index (χ1n) is 8.59. The molecule has 0 aliphatic rings. The molecule has 0 fully saturated rings. The molecule has 1 aromatic heterocycles. The standard InChI is InChI=1S/C21H27N2OS.Y/c1-5-6-7-8-15-22-23(20(24)19-10-9-16-25-19)18-13-11-17(12-14-18)21(2,3)4;/h7-14,16,22H,1,5-6,15H2,2-4H3;/q-1;/b8-7-;. The van der Waals surface area contributed by atoms with Crippen molar-refractivity contribution < 1.29 is 37.5 Å². The Morgan fingerprint density at radius 1 is 1.19 bits per heavy atom. The number of carbonyl (C=O) groups excluding carboxylic acids is 1. The van der Waals surface area contributed by atoms with E-state index in [4.69, 9.17) is 0 Å². The van der Waals surface area contributed by atoms with E-state index in [1.165, 1.54) is 16.9 Å². The van der Waals surface area contributed by atoms with Gasteiger partial charge in [0.25, 0.3) is 5.91 Å². The second-order valence-corrected chi connectivity index (χ2v) is 7.84. The average Bonchev–Trinajstić information content (AvgIpc) is 3.11. The number of unbranched alkanes of at least 4 members (excludes halogenated alkanes) is 1. The number of amides is 1. The minimum absolute atomic E-state index is 0. The van der Waals surface area contributed by atoms with Gasteiger partial charge in [0.1, 0.15) is 0 Å². The summed E-state index contributed by atoms with van der Waals surface area (Å²) in [5.41, 5.74) is 5.40. The van der Waals surface area contributed by atoms with Crippen LogP contribution in [0.25, 0.3) is 0 Å². The van der Waals surface area contributed by atoms with Crippen LogP contribution in [0.3, 0.4) is 0 Å². The average molecular weight is 444 g/mol. The van der Waals surface area contributed by atoms with Crippen molar-refractivity contribution in [1.82, 2.24) is 5.43 Å². The third kappa shape index (κ3) is 6.73. The van der Waals surface area contributed by atoms with Crippen molar-refractivity contribution in [3.8, 4) is 0 Å². The molecule has 0 bridgehead atoms. The molecule has 1 heterocycles. The van der Waals surface area contributed by atoms with Gasteiger partial charge in [-0.1, -0.05) is 57.5 Å². The summed E-state index contributed by atoms with van der Waals surface area (Å²) in [6.45, 7) is 11.0. The van der Waals surface area contributed by atoms with E-state index in [-0.39, 0.29) is 44.0 Å². The molecule has 0 unspecified atom stereocenters. The molecule has 1 amide bonds. The molecule has 0 saturated carbocycles. The Balaban J connectivity index is 0.00000338. The molecule has 2 rings (SSSR count). The predicted octanol–water partition coefficient (Wildman–Crippen LogP) is 5.36. The summed E-state index contributed by atoms with van der Waals surface area (Å²) >= 11 is 1.45. The molecule has 137 valence electrons. The van der Waals surface area contributed by atoms with E-state index < -0.39 is 0 Å². The molecule has 0 aliphatic carbocycles. The number of thiophene rings is 1. The van der Waals surface area contributed by atoms with Crippen molar-refractivity contribution >= 4 is 22.9 Å². The van der Waals surface area contributed by atoms with E-state index in [1.807, 2.05) is 35.7 Å². The minimum atomic E-state index is -0.0379. The summed E-state index contributed by atoms with van der Waals surface area (Å²) in [5, 5.41) is 3.55. The van der Waals surface area contributed by atoms with E-state index in [0.29, 0.717) is 11.4 Å². The first-order chi connectivity index (χ1) is 11.9. The largest absolute Gasteiger partial charge is 0.343 e. The summed E-state index contributed by atoms with van der Waals surface area (Å²) in [4.78, 5) is 13.6. The molecule has 1 N–H and O–H groups in total. The van der Waals surface area contributed by atoms with Gasteiger partial charge in [0.15, 0.2) is 0 Å². The minimum Gasteiger partial charge on any atom is -0.343 e. The summed E-state index contributed by atoms with van der Waals surface area (Å²) in [5.74, 6) is -0.0379. The summed E-state index contributed by atoms with van der Waals surface area (Å²) in [7, 11) is 0. The van der Waals surface area contributed by atoms with Gasteiger partial charge in [-0.2, -0.15) is 6.42 Å². The normalized spacial score (nSPS) is 11.4. The third-order valence-electron chi connectivity index (χ3n) is 3.83. The van der Waals surface area contributed by atoms with Crippen molar-refractivity contribution in [2.24, 2.45) is 0 Å². The van der Waals surface area contributed by atoms with Crippen molar-refractivity contribution in [3.63, 3.8) is 0 Å². The van der Waals surface area contributed by atoms with E-state index >= 15 is 0 Å². The van der Waals surface area contributed by atoms with Gasteiger partial charge in [-0.25, -0.2) is 10.4 Å². The SMILES string of the molecule is [CH2-]CC/C=C\CNN(C(=O)c1cccs1)c1ccc(C(C)(C)C)cc1.[Y]. The van der Waals surface area contributed by atoms with Crippen LogP contribution in [0.1, 0.15) is 48.8 Å². The molecule has 26 heavy (non-hydrogen) atoms. The maximum absolute atomic E-state index is 12.8. The number of rotatable bonds is 7. The van der Waals surface area contributed by atoms with Gasteiger partial charge in [0.2, 0.25) is 0 Å². The zero-order chi connectivity index (χ0) is 18.3. The molecule has 3 nitrogen and oxygen atoms in total. The zero-order valence-corrected chi connectivity index (χ0v) is 19.5. The molecule has 0 saturated heterocycles. The first kappa shape index (κ1) is 23.2. The van der Waals surface area contributed by atoms with Gasteiger partial charge in [-0.3, -0.25) is 4.79 Å². The first-order valence-corrected chi connectivity index (χ1v) is 9.47. The van der Waals surface area contributed by atoms with Crippen LogP contribution in [0, 0.1) is 6.92 Å². The number of hydrazine groups is 1. The van der Waals surface area contributed by atoms with Gasteiger partial charge in [-0.05, 0) is 34.6 Å². The number of hydrogen-bond donors (Lipinski definition) is 1. The zero-order valence-electron chi connectivity index (χ0n) is 15.9. The quantitative estimate of drug-likeness (QED) is 0.354. The van der Waals surface area contributed by atoms with Crippen LogP contribution in [0.5, 0.6) is 0 Å². The van der Waals surface area contributed by atoms with Crippen LogP contribution in [-0.4, -0.2) is 12.5 Å². The topological polar surface area (TPSA) is 32.3 Å².